The Morgan fingerprint density at radius 3 is 2.28 bits per heavy atom. The molecule has 0 saturated heterocycles. The van der Waals surface area contributed by atoms with Gasteiger partial charge >= 0.3 is 0 Å². The van der Waals surface area contributed by atoms with Gasteiger partial charge in [-0.3, -0.25) is 9.69 Å². The number of hydrogen-bond donors (Lipinski definition) is 0. The topological polar surface area (TPSA) is 20.3 Å². The Morgan fingerprint density at radius 2 is 1.83 bits per heavy atom. The molecule has 0 N–H and O–H groups in total. The summed E-state index contributed by atoms with van der Waals surface area (Å²) < 4.78 is 0. The molecule has 0 aliphatic heterocycles. The second-order valence-corrected chi connectivity index (χ2v) is 6.52. The number of carbonyl (C=O) groups is 1. The molecule has 0 aromatic carbocycles. The van der Waals surface area contributed by atoms with Crippen molar-refractivity contribution in [2.24, 2.45) is 0 Å². The summed E-state index contributed by atoms with van der Waals surface area (Å²) in [7, 11) is 4.12. The predicted octanol–water partition coefficient (Wildman–Crippen LogP) is 3.89. The van der Waals surface area contributed by atoms with Crippen LogP contribution in [-0.4, -0.2) is 30.3 Å². The third kappa shape index (κ3) is 2.39. The van der Waals surface area contributed by atoms with E-state index < -0.39 is 0 Å². The monoisotopic (exact) mass is 265 g/mol. The van der Waals surface area contributed by atoms with E-state index in [4.69, 9.17) is 0 Å². The fourth-order valence-electron chi connectivity index (χ4n) is 3.01. The number of rotatable bonds is 3. The number of aryl methyl sites for hydroxylation is 1. The summed E-state index contributed by atoms with van der Waals surface area (Å²) in [5.74, 6) is 0.349. The molecule has 1 aliphatic rings. The van der Waals surface area contributed by atoms with E-state index in [1.54, 1.807) is 11.3 Å². The van der Waals surface area contributed by atoms with E-state index in [-0.39, 0.29) is 5.54 Å². The maximum atomic E-state index is 13.0. The second-order valence-electron chi connectivity index (χ2n) is 5.60. The van der Waals surface area contributed by atoms with Gasteiger partial charge in [0.1, 0.15) is 0 Å². The third-order valence-electron chi connectivity index (χ3n) is 4.28. The molecule has 1 aromatic rings. The van der Waals surface area contributed by atoms with Gasteiger partial charge in [-0.1, -0.05) is 25.7 Å². The molecule has 0 atom stereocenters. The van der Waals surface area contributed by atoms with Crippen LogP contribution in [-0.2, 0) is 0 Å². The van der Waals surface area contributed by atoms with Gasteiger partial charge in [0, 0.05) is 0 Å². The molecular weight excluding hydrogens is 242 g/mol. The Balaban J connectivity index is 2.35. The van der Waals surface area contributed by atoms with Crippen LogP contribution in [0.5, 0.6) is 0 Å². The predicted molar refractivity (Wildman–Crippen MR) is 77.5 cm³/mol. The number of thiophene rings is 1. The highest BCUT2D eigenvalue weighted by Gasteiger charge is 2.41. The summed E-state index contributed by atoms with van der Waals surface area (Å²) in [5.41, 5.74) is 0.877. The van der Waals surface area contributed by atoms with Gasteiger partial charge in [-0.2, -0.15) is 0 Å². The van der Waals surface area contributed by atoms with Crippen LogP contribution >= 0.6 is 11.3 Å². The quantitative estimate of drug-likeness (QED) is 0.610. The molecule has 1 heterocycles. The molecule has 0 unspecified atom stereocenters. The van der Waals surface area contributed by atoms with Crippen LogP contribution in [0, 0.1) is 6.92 Å². The lowest BCUT2D eigenvalue weighted by molar-refractivity contribution is 0.0639. The highest BCUT2D eigenvalue weighted by Crippen LogP contribution is 2.36. The lowest BCUT2D eigenvalue weighted by Crippen LogP contribution is -2.50. The summed E-state index contributed by atoms with van der Waals surface area (Å²) in [5, 5.41) is 2.03. The van der Waals surface area contributed by atoms with Gasteiger partial charge in [0.25, 0.3) is 0 Å². The molecule has 18 heavy (non-hydrogen) atoms. The van der Waals surface area contributed by atoms with E-state index in [1.165, 1.54) is 25.7 Å². The van der Waals surface area contributed by atoms with Crippen molar-refractivity contribution < 1.29 is 4.79 Å². The van der Waals surface area contributed by atoms with Crippen LogP contribution < -0.4 is 0 Å². The number of Topliss-reactive ketones (excluding diaryl/α,β-unsaturated/α-hetero) is 1. The number of nitrogens with zero attached hydrogens (tertiary/aromatic N) is 1. The molecule has 2 nitrogen and oxygen atoms in total. The van der Waals surface area contributed by atoms with Crippen LogP contribution in [0.15, 0.2) is 11.4 Å². The fourth-order valence-corrected chi connectivity index (χ4v) is 3.97. The second kappa shape index (κ2) is 5.54. The molecule has 0 amide bonds. The van der Waals surface area contributed by atoms with Crippen LogP contribution in [0.4, 0.5) is 0 Å². The van der Waals surface area contributed by atoms with Crippen molar-refractivity contribution in [2.75, 3.05) is 14.1 Å². The Kier molecular flexibility index (Phi) is 4.23. The van der Waals surface area contributed by atoms with Gasteiger partial charge in [-0.15, -0.1) is 11.3 Å². The van der Waals surface area contributed by atoms with E-state index in [0.717, 1.165) is 23.3 Å². The van der Waals surface area contributed by atoms with Crippen molar-refractivity contribution in [2.45, 2.75) is 51.0 Å². The van der Waals surface area contributed by atoms with E-state index in [1.807, 2.05) is 12.3 Å². The molecule has 0 bridgehead atoms. The SMILES string of the molecule is Cc1ccsc1C(=O)C1(N(C)C)CCCCCC1. The average molecular weight is 265 g/mol. The fraction of sp³-hybridized carbons (Fsp3) is 0.667. The van der Waals surface area contributed by atoms with E-state index in [2.05, 4.69) is 25.1 Å². The summed E-state index contributed by atoms with van der Waals surface area (Å²) in [6.07, 6.45) is 6.91. The zero-order valence-electron chi connectivity index (χ0n) is 11.7. The Bertz CT molecular complexity index is 414. The van der Waals surface area contributed by atoms with Crippen molar-refractivity contribution in [3.05, 3.63) is 21.9 Å². The first-order valence-electron chi connectivity index (χ1n) is 6.84. The zero-order valence-corrected chi connectivity index (χ0v) is 12.5. The maximum absolute atomic E-state index is 13.0. The van der Waals surface area contributed by atoms with E-state index in [0.29, 0.717) is 5.78 Å². The summed E-state index contributed by atoms with van der Waals surface area (Å²) in [4.78, 5) is 16.1. The van der Waals surface area contributed by atoms with Crippen LogP contribution in [0.2, 0.25) is 0 Å². The number of carbonyl (C=O) groups excluding carboxylic acids is 1. The molecular formula is C15H23NOS. The van der Waals surface area contributed by atoms with Crippen molar-refractivity contribution in [1.82, 2.24) is 4.90 Å². The van der Waals surface area contributed by atoms with Crippen LogP contribution in [0.25, 0.3) is 0 Å². The van der Waals surface area contributed by atoms with Gasteiger partial charge in [0.05, 0.1) is 10.4 Å². The third-order valence-corrected chi connectivity index (χ3v) is 5.29. The minimum absolute atomic E-state index is 0.258. The van der Waals surface area contributed by atoms with Crippen molar-refractivity contribution >= 4 is 17.1 Å². The summed E-state index contributed by atoms with van der Waals surface area (Å²) >= 11 is 1.60. The number of hydrogen-bond acceptors (Lipinski definition) is 3. The smallest absolute Gasteiger partial charge is 0.193 e. The number of likely N-dealkylation sites (N-methyl/N-ethyl adjacent to an activating group) is 1. The van der Waals surface area contributed by atoms with Crippen molar-refractivity contribution in [3.63, 3.8) is 0 Å². The van der Waals surface area contributed by atoms with Gasteiger partial charge in [-0.05, 0) is 50.9 Å². The van der Waals surface area contributed by atoms with Gasteiger partial charge < -0.3 is 0 Å². The van der Waals surface area contributed by atoms with E-state index >= 15 is 0 Å². The Hall–Kier alpha value is -0.670. The molecule has 0 radical (unpaired) electrons. The Labute approximate surface area is 114 Å². The van der Waals surface area contributed by atoms with Crippen LogP contribution in [0.1, 0.15) is 53.8 Å². The molecule has 2 rings (SSSR count). The first-order chi connectivity index (χ1) is 8.58. The molecule has 100 valence electrons. The zero-order chi connectivity index (χ0) is 13.2. The molecule has 1 aromatic heterocycles. The van der Waals surface area contributed by atoms with Gasteiger partial charge in [0.15, 0.2) is 5.78 Å². The average Bonchev–Trinajstić information content (AvgIpc) is 2.63. The number of ketones is 1. The minimum atomic E-state index is -0.258. The summed E-state index contributed by atoms with van der Waals surface area (Å²) in [6, 6.07) is 2.05. The first-order valence-corrected chi connectivity index (χ1v) is 7.72. The molecule has 1 aliphatic carbocycles. The van der Waals surface area contributed by atoms with Crippen LogP contribution in [0.3, 0.4) is 0 Å². The lowest BCUT2D eigenvalue weighted by atomic mass is 9.83. The molecule has 0 spiro atoms. The molecule has 3 heteroatoms. The highest BCUT2D eigenvalue weighted by molar-refractivity contribution is 7.12. The molecule has 1 saturated carbocycles. The lowest BCUT2D eigenvalue weighted by Gasteiger charge is -2.37. The standard InChI is InChI=1S/C15H23NOS/c1-12-8-11-18-13(12)14(17)15(16(2)3)9-6-4-5-7-10-15/h8,11H,4-7,9-10H2,1-3H3. The largest absolute Gasteiger partial charge is 0.297 e. The minimum Gasteiger partial charge on any atom is -0.297 e. The molecule has 1 fully saturated rings. The van der Waals surface area contributed by atoms with E-state index in [9.17, 15) is 4.79 Å². The van der Waals surface area contributed by atoms with Gasteiger partial charge in [0.2, 0.25) is 0 Å². The Morgan fingerprint density at radius 1 is 1.22 bits per heavy atom. The highest BCUT2D eigenvalue weighted by atomic mass is 32.1. The maximum Gasteiger partial charge on any atom is 0.193 e. The van der Waals surface area contributed by atoms with Crippen molar-refractivity contribution in [1.29, 1.82) is 0 Å². The van der Waals surface area contributed by atoms with Crippen molar-refractivity contribution in [3.8, 4) is 0 Å². The first kappa shape index (κ1) is 13.8. The summed E-state index contributed by atoms with van der Waals surface area (Å²) in [6.45, 7) is 2.05. The normalized spacial score (nSPS) is 19.8. The van der Waals surface area contributed by atoms with Gasteiger partial charge in [-0.25, -0.2) is 0 Å².